The Kier molecular flexibility index (Phi) is 13.7. The monoisotopic (exact) mass is 418 g/mol. The first kappa shape index (κ1) is 26.8. The number of rotatable bonds is 18. The Morgan fingerprint density at radius 2 is 1.24 bits per heavy atom. The summed E-state index contributed by atoms with van der Waals surface area (Å²) in [4.78, 5) is 45.0. The molecule has 0 aliphatic heterocycles. The molecular formula is C20H34O9. The summed E-state index contributed by atoms with van der Waals surface area (Å²) >= 11 is 0. The SMILES string of the molecule is CCCCCCCCCCCCCC(=O)OC(C(=O)O)C(O)(CC(=O)O)C(=O)O. The molecular weight excluding hydrogens is 384 g/mol. The fourth-order valence-corrected chi connectivity index (χ4v) is 2.99. The Morgan fingerprint density at radius 1 is 0.793 bits per heavy atom. The van der Waals surface area contributed by atoms with E-state index in [1.807, 2.05) is 0 Å². The van der Waals surface area contributed by atoms with Gasteiger partial charge in [0.2, 0.25) is 11.7 Å². The van der Waals surface area contributed by atoms with Crippen molar-refractivity contribution in [3.8, 4) is 0 Å². The van der Waals surface area contributed by atoms with Crippen molar-refractivity contribution in [3.05, 3.63) is 0 Å². The number of aliphatic carboxylic acids is 3. The Labute approximate surface area is 171 Å². The third kappa shape index (κ3) is 11.4. The predicted octanol–water partition coefficient (Wildman–Crippen LogP) is 2.97. The van der Waals surface area contributed by atoms with Gasteiger partial charge < -0.3 is 25.2 Å². The van der Waals surface area contributed by atoms with E-state index in [0.717, 1.165) is 25.7 Å². The van der Waals surface area contributed by atoms with Gasteiger partial charge in [0, 0.05) is 6.42 Å². The molecule has 0 fully saturated rings. The second-order valence-corrected chi connectivity index (χ2v) is 7.29. The van der Waals surface area contributed by atoms with Crippen molar-refractivity contribution in [2.45, 2.75) is 102 Å². The van der Waals surface area contributed by atoms with E-state index in [2.05, 4.69) is 11.7 Å². The van der Waals surface area contributed by atoms with Crippen LogP contribution in [0.1, 0.15) is 90.4 Å². The molecule has 0 rings (SSSR count). The lowest BCUT2D eigenvalue weighted by Crippen LogP contribution is -2.56. The quantitative estimate of drug-likeness (QED) is 0.194. The minimum atomic E-state index is -3.25. The van der Waals surface area contributed by atoms with E-state index in [1.54, 1.807) is 0 Å². The summed E-state index contributed by atoms with van der Waals surface area (Å²) < 4.78 is 4.60. The highest BCUT2D eigenvalue weighted by atomic mass is 16.6. The number of unbranched alkanes of at least 4 members (excludes halogenated alkanes) is 10. The van der Waals surface area contributed by atoms with Crippen LogP contribution in [0.2, 0.25) is 0 Å². The van der Waals surface area contributed by atoms with Gasteiger partial charge in [0.25, 0.3) is 0 Å². The van der Waals surface area contributed by atoms with E-state index >= 15 is 0 Å². The van der Waals surface area contributed by atoms with Crippen molar-refractivity contribution in [2.75, 3.05) is 0 Å². The van der Waals surface area contributed by atoms with Crippen molar-refractivity contribution < 1.29 is 44.3 Å². The van der Waals surface area contributed by atoms with Crippen LogP contribution >= 0.6 is 0 Å². The summed E-state index contributed by atoms with van der Waals surface area (Å²) in [6, 6.07) is 0. The van der Waals surface area contributed by atoms with Crippen LogP contribution in [-0.4, -0.2) is 56.0 Å². The normalized spacial score (nSPS) is 14.0. The summed E-state index contributed by atoms with van der Waals surface area (Å²) in [7, 11) is 0. The fourth-order valence-electron chi connectivity index (χ4n) is 2.99. The van der Waals surface area contributed by atoms with Crippen LogP contribution in [0.4, 0.5) is 0 Å². The third-order valence-corrected chi connectivity index (χ3v) is 4.68. The Hall–Kier alpha value is -2.16. The Bertz CT molecular complexity index is 532. The van der Waals surface area contributed by atoms with Crippen LogP contribution < -0.4 is 0 Å². The van der Waals surface area contributed by atoms with Crippen LogP contribution in [-0.2, 0) is 23.9 Å². The van der Waals surface area contributed by atoms with Gasteiger partial charge in [0.1, 0.15) is 0 Å². The molecule has 0 aromatic carbocycles. The maximum absolute atomic E-state index is 11.8. The summed E-state index contributed by atoms with van der Waals surface area (Å²) in [6.45, 7) is 2.18. The van der Waals surface area contributed by atoms with Gasteiger partial charge in [-0.05, 0) is 6.42 Å². The topological polar surface area (TPSA) is 158 Å². The number of hydrogen-bond donors (Lipinski definition) is 4. The first-order valence-electron chi connectivity index (χ1n) is 10.2. The van der Waals surface area contributed by atoms with E-state index in [-0.39, 0.29) is 6.42 Å². The number of esters is 1. The molecule has 0 aromatic heterocycles. The van der Waals surface area contributed by atoms with Crippen LogP contribution in [0.5, 0.6) is 0 Å². The van der Waals surface area contributed by atoms with Crippen LogP contribution in [0, 0.1) is 0 Å². The fraction of sp³-hybridized carbons (Fsp3) is 0.800. The Morgan fingerprint density at radius 3 is 1.62 bits per heavy atom. The molecule has 0 saturated carbocycles. The van der Waals surface area contributed by atoms with Crippen molar-refractivity contribution in [2.24, 2.45) is 0 Å². The van der Waals surface area contributed by atoms with E-state index in [1.165, 1.54) is 38.5 Å². The molecule has 2 atom stereocenters. The maximum Gasteiger partial charge on any atom is 0.348 e. The number of hydrogen-bond acceptors (Lipinski definition) is 6. The average molecular weight is 418 g/mol. The molecule has 0 radical (unpaired) electrons. The van der Waals surface area contributed by atoms with Gasteiger partial charge in [-0.1, -0.05) is 71.1 Å². The van der Waals surface area contributed by atoms with E-state index in [9.17, 15) is 24.3 Å². The van der Waals surface area contributed by atoms with E-state index < -0.39 is 42.0 Å². The number of carbonyl (C=O) groups is 4. The molecule has 0 bridgehead atoms. The zero-order chi connectivity index (χ0) is 22.3. The van der Waals surface area contributed by atoms with Crippen molar-refractivity contribution in [1.29, 1.82) is 0 Å². The van der Waals surface area contributed by atoms with Gasteiger partial charge in [-0.25, -0.2) is 9.59 Å². The minimum Gasteiger partial charge on any atom is -0.481 e. The summed E-state index contributed by atoms with van der Waals surface area (Å²) in [5, 5.41) is 36.8. The summed E-state index contributed by atoms with van der Waals surface area (Å²) in [6.07, 6.45) is 7.66. The summed E-state index contributed by atoms with van der Waals surface area (Å²) in [5.74, 6) is -6.74. The second-order valence-electron chi connectivity index (χ2n) is 7.29. The zero-order valence-corrected chi connectivity index (χ0v) is 17.1. The van der Waals surface area contributed by atoms with Gasteiger partial charge in [-0.3, -0.25) is 9.59 Å². The standard InChI is InChI=1S/C20H34O9/c1-2-3-4-5-6-7-8-9-10-11-12-13-16(23)29-17(18(24)25)20(28,19(26)27)14-15(21)22/h17,28H,2-14H2,1H3,(H,21,22)(H,24,25)(H,26,27). The van der Waals surface area contributed by atoms with Gasteiger partial charge in [-0.2, -0.15) is 0 Å². The molecule has 168 valence electrons. The lowest BCUT2D eigenvalue weighted by atomic mass is 9.92. The number of carboxylic acids is 3. The molecule has 2 unspecified atom stereocenters. The van der Waals surface area contributed by atoms with Gasteiger partial charge in [0.15, 0.2) is 0 Å². The molecule has 0 aliphatic carbocycles. The molecule has 0 saturated heterocycles. The van der Waals surface area contributed by atoms with Crippen molar-refractivity contribution in [1.82, 2.24) is 0 Å². The van der Waals surface area contributed by atoms with Crippen molar-refractivity contribution in [3.63, 3.8) is 0 Å². The molecule has 0 aromatic rings. The molecule has 0 aliphatic rings. The highest BCUT2D eigenvalue weighted by Crippen LogP contribution is 2.21. The van der Waals surface area contributed by atoms with Gasteiger partial charge >= 0.3 is 23.9 Å². The molecule has 0 heterocycles. The van der Waals surface area contributed by atoms with Crippen LogP contribution in [0.3, 0.4) is 0 Å². The third-order valence-electron chi connectivity index (χ3n) is 4.68. The zero-order valence-electron chi connectivity index (χ0n) is 17.1. The molecule has 9 heteroatoms. The number of carbonyl (C=O) groups excluding carboxylic acids is 1. The van der Waals surface area contributed by atoms with Gasteiger partial charge in [-0.15, -0.1) is 0 Å². The lowest BCUT2D eigenvalue weighted by molar-refractivity contribution is -0.197. The highest BCUT2D eigenvalue weighted by molar-refractivity contribution is 5.92. The second kappa shape index (κ2) is 14.8. The number of carboxylic acid groups (broad SMARTS) is 3. The average Bonchev–Trinajstić information content (AvgIpc) is 2.63. The number of aliphatic hydroxyl groups is 1. The van der Waals surface area contributed by atoms with Crippen molar-refractivity contribution >= 4 is 23.9 Å². The first-order valence-corrected chi connectivity index (χ1v) is 10.2. The minimum absolute atomic E-state index is 0.135. The van der Waals surface area contributed by atoms with Gasteiger partial charge in [0.05, 0.1) is 6.42 Å². The lowest BCUT2D eigenvalue weighted by Gasteiger charge is -2.27. The maximum atomic E-state index is 11.8. The van der Waals surface area contributed by atoms with Crippen LogP contribution in [0.25, 0.3) is 0 Å². The number of ether oxygens (including phenoxy) is 1. The summed E-state index contributed by atoms with van der Waals surface area (Å²) in [5.41, 5.74) is -3.25. The molecule has 4 N–H and O–H groups in total. The molecule has 29 heavy (non-hydrogen) atoms. The first-order chi connectivity index (χ1) is 13.6. The largest absolute Gasteiger partial charge is 0.481 e. The smallest absolute Gasteiger partial charge is 0.348 e. The van der Waals surface area contributed by atoms with E-state index in [0.29, 0.717) is 6.42 Å². The predicted molar refractivity (Wildman–Crippen MR) is 103 cm³/mol. The van der Waals surface area contributed by atoms with Crippen LogP contribution in [0.15, 0.2) is 0 Å². The highest BCUT2D eigenvalue weighted by Gasteiger charge is 2.52. The Balaban J connectivity index is 4.21. The molecule has 0 amide bonds. The molecule has 0 spiro atoms. The van der Waals surface area contributed by atoms with E-state index in [4.69, 9.17) is 15.3 Å². The molecule has 9 nitrogen and oxygen atoms in total.